The van der Waals surface area contributed by atoms with E-state index in [0.717, 1.165) is 6.04 Å². The molecule has 3 aromatic rings. The number of halogens is 2. The van der Waals surface area contributed by atoms with Gasteiger partial charge in [0.2, 0.25) is 5.95 Å². The Morgan fingerprint density at radius 1 is 1.28 bits per heavy atom. The van der Waals surface area contributed by atoms with Gasteiger partial charge in [0, 0.05) is 20.9 Å². The van der Waals surface area contributed by atoms with Crippen LogP contribution in [0.4, 0.5) is 10.7 Å². The van der Waals surface area contributed by atoms with Gasteiger partial charge in [0.15, 0.2) is 0 Å². The third kappa shape index (κ3) is 6.25. The summed E-state index contributed by atoms with van der Waals surface area (Å²) in [4.78, 5) is 24.2. The first-order chi connectivity index (χ1) is 14.8. The van der Waals surface area contributed by atoms with Gasteiger partial charge in [0.25, 0.3) is 0 Å². The molecule has 0 bridgehead atoms. The first-order valence-electron chi connectivity index (χ1n) is 10.3. The molecule has 0 saturated heterocycles. The minimum absolute atomic E-state index is 0.247. The molecule has 3 aromatic heterocycles. The van der Waals surface area contributed by atoms with Crippen LogP contribution in [-0.4, -0.2) is 45.9 Å². The van der Waals surface area contributed by atoms with Gasteiger partial charge < -0.3 is 19.0 Å². The fourth-order valence-corrected chi connectivity index (χ4v) is 4.09. The van der Waals surface area contributed by atoms with Gasteiger partial charge in [0.1, 0.15) is 28.7 Å². The number of hydrogen-bond acceptors (Lipinski definition) is 5. The smallest absolute Gasteiger partial charge is 0.414 e. The van der Waals surface area contributed by atoms with E-state index in [9.17, 15) is 4.79 Å². The summed E-state index contributed by atoms with van der Waals surface area (Å²) in [7, 11) is -1.21. The van der Waals surface area contributed by atoms with Crippen LogP contribution in [-0.2, 0) is 16.2 Å². The Kier molecular flexibility index (Phi) is 7.24. The number of carbonyl (C=O) groups is 1. The molecule has 32 heavy (non-hydrogen) atoms. The number of fused-ring (bicyclic) bond motifs is 1. The molecule has 174 valence electrons. The molecule has 0 radical (unpaired) electrons. The maximum atomic E-state index is 12.1. The monoisotopic (exact) mass is 497 g/mol. The highest BCUT2D eigenvalue weighted by atomic mass is 35.5. The molecule has 0 fully saturated rings. The van der Waals surface area contributed by atoms with Crippen molar-refractivity contribution in [3.8, 4) is 11.4 Å². The Morgan fingerprint density at radius 3 is 2.66 bits per heavy atom. The van der Waals surface area contributed by atoms with Crippen molar-refractivity contribution in [2.75, 3.05) is 11.9 Å². The van der Waals surface area contributed by atoms with Gasteiger partial charge >= 0.3 is 6.09 Å². The van der Waals surface area contributed by atoms with E-state index in [0.29, 0.717) is 39.2 Å². The second-order valence-corrected chi connectivity index (χ2v) is 16.1. The highest BCUT2D eigenvalue weighted by Crippen LogP contribution is 2.35. The van der Waals surface area contributed by atoms with E-state index in [1.165, 1.54) is 0 Å². The lowest BCUT2D eigenvalue weighted by molar-refractivity contribution is 0.0635. The molecular weight excluding hydrogens is 469 g/mol. The SMILES string of the molecule is CC(C)(C)OC(=O)Nc1nc2c(-c3cc(Cl)c(Cl)n3COCC[Si](C)(C)C)nccc2[nH]1. The maximum absolute atomic E-state index is 12.1. The molecule has 0 aromatic carbocycles. The molecular formula is C21H29Cl2N5O3Si. The van der Waals surface area contributed by atoms with Crippen molar-refractivity contribution in [3.63, 3.8) is 0 Å². The van der Waals surface area contributed by atoms with Crippen molar-refractivity contribution < 1.29 is 14.3 Å². The average molecular weight is 498 g/mol. The van der Waals surface area contributed by atoms with Gasteiger partial charge in [-0.05, 0) is 38.9 Å². The number of amides is 1. The second kappa shape index (κ2) is 9.42. The summed E-state index contributed by atoms with van der Waals surface area (Å²) in [5, 5.41) is 3.39. The molecule has 0 unspecified atom stereocenters. The summed E-state index contributed by atoms with van der Waals surface area (Å²) < 4.78 is 13.0. The fourth-order valence-electron chi connectivity index (χ4n) is 2.93. The number of imidazole rings is 1. The quantitative estimate of drug-likeness (QED) is 0.291. The first kappa shape index (κ1) is 24.6. The van der Waals surface area contributed by atoms with Crippen molar-refractivity contribution in [2.24, 2.45) is 0 Å². The predicted molar refractivity (Wildman–Crippen MR) is 131 cm³/mol. The van der Waals surface area contributed by atoms with Crippen LogP contribution in [0.15, 0.2) is 18.3 Å². The molecule has 8 nitrogen and oxygen atoms in total. The summed E-state index contributed by atoms with van der Waals surface area (Å²) in [6.07, 6.45) is 1.05. The number of rotatable bonds is 7. The van der Waals surface area contributed by atoms with E-state index < -0.39 is 19.8 Å². The number of carbonyl (C=O) groups excluding carboxylic acids is 1. The lowest BCUT2D eigenvalue weighted by atomic mass is 10.2. The number of H-pyrrole nitrogens is 1. The lowest BCUT2D eigenvalue weighted by Gasteiger charge is -2.18. The molecule has 0 saturated carbocycles. The lowest BCUT2D eigenvalue weighted by Crippen LogP contribution is -2.27. The Hall–Kier alpha value is -2.07. The second-order valence-electron chi connectivity index (χ2n) is 9.71. The number of aromatic nitrogens is 4. The van der Waals surface area contributed by atoms with Gasteiger partial charge in [0.05, 0.1) is 16.2 Å². The normalized spacial score (nSPS) is 12.4. The minimum atomic E-state index is -1.21. The Balaban J connectivity index is 1.88. The predicted octanol–water partition coefficient (Wildman–Crippen LogP) is 6.39. The highest BCUT2D eigenvalue weighted by Gasteiger charge is 2.21. The Bertz CT molecular complexity index is 1120. The molecule has 1 amide bonds. The van der Waals surface area contributed by atoms with Crippen LogP contribution >= 0.6 is 23.2 Å². The highest BCUT2D eigenvalue weighted by molar-refractivity contribution is 6.76. The average Bonchev–Trinajstić information content (AvgIpc) is 3.17. The fraction of sp³-hybridized carbons (Fsp3) is 0.476. The minimum Gasteiger partial charge on any atom is -0.444 e. The van der Waals surface area contributed by atoms with Crippen molar-refractivity contribution in [1.29, 1.82) is 0 Å². The van der Waals surface area contributed by atoms with Crippen LogP contribution in [0.5, 0.6) is 0 Å². The topological polar surface area (TPSA) is 94.1 Å². The summed E-state index contributed by atoms with van der Waals surface area (Å²) in [6.45, 7) is 13.2. The van der Waals surface area contributed by atoms with Crippen molar-refractivity contribution in [2.45, 2.75) is 58.8 Å². The molecule has 11 heteroatoms. The largest absolute Gasteiger partial charge is 0.444 e. The van der Waals surface area contributed by atoms with Gasteiger partial charge in [-0.2, -0.15) is 0 Å². The Labute approximate surface area is 198 Å². The van der Waals surface area contributed by atoms with Crippen LogP contribution in [0.25, 0.3) is 22.4 Å². The molecule has 0 aliphatic carbocycles. The van der Waals surface area contributed by atoms with Gasteiger partial charge in [-0.3, -0.25) is 10.3 Å². The van der Waals surface area contributed by atoms with Gasteiger partial charge in [-0.1, -0.05) is 42.8 Å². The molecule has 0 spiro atoms. The van der Waals surface area contributed by atoms with Gasteiger partial charge in [-0.25, -0.2) is 9.78 Å². The Morgan fingerprint density at radius 2 is 2.00 bits per heavy atom. The first-order valence-corrected chi connectivity index (χ1v) is 14.8. The van der Waals surface area contributed by atoms with E-state index >= 15 is 0 Å². The van der Waals surface area contributed by atoms with Crippen molar-refractivity contribution in [1.82, 2.24) is 19.5 Å². The zero-order valence-corrected chi connectivity index (χ0v) is 21.7. The number of nitrogens with zero attached hydrogens (tertiary/aromatic N) is 3. The van der Waals surface area contributed by atoms with Crippen LogP contribution < -0.4 is 5.32 Å². The number of nitrogens with one attached hydrogen (secondary N) is 2. The zero-order chi connectivity index (χ0) is 23.7. The number of aromatic amines is 1. The summed E-state index contributed by atoms with van der Waals surface area (Å²) >= 11 is 12.8. The van der Waals surface area contributed by atoms with Crippen molar-refractivity contribution in [3.05, 3.63) is 28.5 Å². The van der Waals surface area contributed by atoms with E-state index in [1.54, 1.807) is 43.7 Å². The van der Waals surface area contributed by atoms with Crippen LogP contribution in [0.3, 0.4) is 0 Å². The molecule has 3 rings (SSSR count). The molecule has 3 heterocycles. The molecule has 0 atom stereocenters. The van der Waals surface area contributed by atoms with E-state index in [4.69, 9.17) is 32.7 Å². The summed E-state index contributed by atoms with van der Waals surface area (Å²) in [5.41, 5.74) is 1.88. The summed E-state index contributed by atoms with van der Waals surface area (Å²) in [6, 6.07) is 4.55. The van der Waals surface area contributed by atoms with Crippen molar-refractivity contribution >= 4 is 54.4 Å². The number of pyridine rings is 1. The third-order valence-electron chi connectivity index (χ3n) is 4.47. The zero-order valence-electron chi connectivity index (χ0n) is 19.2. The number of ether oxygens (including phenoxy) is 2. The molecule has 0 aliphatic heterocycles. The maximum Gasteiger partial charge on any atom is 0.414 e. The third-order valence-corrected chi connectivity index (χ3v) is 6.96. The number of hydrogen-bond donors (Lipinski definition) is 2. The van der Waals surface area contributed by atoms with Crippen LogP contribution in [0.1, 0.15) is 20.8 Å². The van der Waals surface area contributed by atoms with Gasteiger partial charge in [-0.15, -0.1) is 0 Å². The van der Waals surface area contributed by atoms with E-state index in [2.05, 4.69) is 39.9 Å². The van der Waals surface area contributed by atoms with Crippen LogP contribution in [0.2, 0.25) is 35.9 Å². The standard InChI is InChI=1S/C21H29Cl2N5O3Si/c1-21(2,3)31-20(29)27-19-25-14-7-8-24-17(16(14)26-19)15-11-13(22)18(23)28(15)12-30-9-10-32(4,5)6/h7-8,11H,9-10,12H2,1-6H3,(H2,25,26,27,29). The summed E-state index contributed by atoms with van der Waals surface area (Å²) in [5.74, 6) is 0.255. The molecule has 0 aliphatic rings. The molecule has 2 N–H and O–H groups in total. The van der Waals surface area contributed by atoms with Crippen LogP contribution in [0, 0.1) is 0 Å². The number of anilines is 1. The van der Waals surface area contributed by atoms with E-state index in [1.807, 2.05) is 0 Å². The van der Waals surface area contributed by atoms with E-state index in [-0.39, 0.29) is 12.7 Å².